The van der Waals surface area contributed by atoms with Crippen LogP contribution in [0, 0.1) is 12.7 Å². The predicted octanol–water partition coefficient (Wildman–Crippen LogP) is 4.16. The lowest BCUT2D eigenvalue weighted by atomic mass is 10.1. The molecule has 0 saturated heterocycles. The van der Waals surface area contributed by atoms with Crippen molar-refractivity contribution in [2.24, 2.45) is 0 Å². The zero-order valence-corrected chi connectivity index (χ0v) is 17.1. The summed E-state index contributed by atoms with van der Waals surface area (Å²) in [6.45, 7) is 2.32. The standard InChI is InChI=1S/C21H18FN5O2S/c1-13-19(25-26-27(13)11-14-6-4-3-5-7-14)20(28)24-21-23-17(12-30-21)16-10-15(22)8-9-18(16)29-2/h3-10,12H,11H2,1-2H3,(H,23,24,28). The summed E-state index contributed by atoms with van der Waals surface area (Å²) in [7, 11) is 1.51. The first kappa shape index (κ1) is 19.7. The molecule has 0 aliphatic carbocycles. The Balaban J connectivity index is 1.51. The summed E-state index contributed by atoms with van der Waals surface area (Å²) in [6, 6.07) is 14.0. The van der Waals surface area contributed by atoms with E-state index in [2.05, 4.69) is 20.6 Å². The molecular formula is C21H18FN5O2S. The minimum atomic E-state index is -0.404. The van der Waals surface area contributed by atoms with E-state index in [9.17, 15) is 9.18 Å². The van der Waals surface area contributed by atoms with Gasteiger partial charge in [-0.15, -0.1) is 16.4 Å². The van der Waals surface area contributed by atoms with E-state index >= 15 is 0 Å². The predicted molar refractivity (Wildman–Crippen MR) is 112 cm³/mol. The molecule has 9 heteroatoms. The van der Waals surface area contributed by atoms with E-state index in [4.69, 9.17) is 4.74 Å². The number of thiazole rings is 1. The summed E-state index contributed by atoms with van der Waals surface area (Å²) < 4.78 is 20.6. The molecule has 0 spiro atoms. The average molecular weight is 423 g/mol. The number of nitrogens with one attached hydrogen (secondary N) is 1. The second-order valence-electron chi connectivity index (χ2n) is 6.50. The number of hydrogen-bond acceptors (Lipinski definition) is 6. The number of carbonyl (C=O) groups excluding carboxylic acids is 1. The largest absolute Gasteiger partial charge is 0.496 e. The molecular weight excluding hydrogens is 405 g/mol. The fourth-order valence-corrected chi connectivity index (χ4v) is 3.67. The number of nitrogens with zero attached hydrogens (tertiary/aromatic N) is 4. The van der Waals surface area contributed by atoms with Gasteiger partial charge in [0.1, 0.15) is 11.6 Å². The Kier molecular flexibility index (Phi) is 5.53. The van der Waals surface area contributed by atoms with Crippen molar-refractivity contribution in [3.8, 4) is 17.0 Å². The molecule has 4 rings (SSSR count). The number of methoxy groups -OCH3 is 1. The lowest BCUT2D eigenvalue weighted by Crippen LogP contribution is -2.14. The number of halogens is 1. The van der Waals surface area contributed by atoms with Crippen molar-refractivity contribution in [3.63, 3.8) is 0 Å². The number of rotatable bonds is 6. The van der Waals surface area contributed by atoms with Gasteiger partial charge in [0, 0.05) is 10.9 Å². The van der Waals surface area contributed by atoms with Gasteiger partial charge < -0.3 is 4.74 Å². The molecule has 0 aliphatic heterocycles. The molecule has 152 valence electrons. The van der Waals surface area contributed by atoms with Gasteiger partial charge in [0.25, 0.3) is 5.91 Å². The number of benzene rings is 2. The van der Waals surface area contributed by atoms with Crippen molar-refractivity contribution in [2.75, 3.05) is 12.4 Å². The number of ether oxygens (including phenoxy) is 1. The topological polar surface area (TPSA) is 81.9 Å². The van der Waals surface area contributed by atoms with Crippen LogP contribution in [0.3, 0.4) is 0 Å². The molecule has 0 radical (unpaired) electrons. The highest BCUT2D eigenvalue weighted by Crippen LogP contribution is 2.32. The van der Waals surface area contributed by atoms with E-state index in [1.54, 1.807) is 17.0 Å². The molecule has 2 aromatic heterocycles. The van der Waals surface area contributed by atoms with E-state index in [1.807, 2.05) is 30.3 Å². The van der Waals surface area contributed by atoms with Crippen molar-refractivity contribution in [1.82, 2.24) is 20.0 Å². The third kappa shape index (κ3) is 4.06. The maximum absolute atomic E-state index is 13.6. The van der Waals surface area contributed by atoms with Crippen LogP contribution in [-0.4, -0.2) is 33.0 Å². The summed E-state index contributed by atoms with van der Waals surface area (Å²) >= 11 is 1.23. The van der Waals surface area contributed by atoms with Gasteiger partial charge >= 0.3 is 0 Å². The Morgan fingerprint density at radius 1 is 1.23 bits per heavy atom. The summed E-state index contributed by atoms with van der Waals surface area (Å²) in [5.74, 6) is -0.298. The zero-order valence-electron chi connectivity index (χ0n) is 16.3. The highest BCUT2D eigenvalue weighted by Gasteiger charge is 2.19. The highest BCUT2D eigenvalue weighted by atomic mass is 32.1. The molecule has 30 heavy (non-hydrogen) atoms. The monoisotopic (exact) mass is 423 g/mol. The minimum Gasteiger partial charge on any atom is -0.496 e. The summed E-state index contributed by atoms with van der Waals surface area (Å²) in [5.41, 5.74) is 2.97. The van der Waals surface area contributed by atoms with Crippen LogP contribution in [0.15, 0.2) is 53.9 Å². The van der Waals surface area contributed by atoms with Gasteiger partial charge in [0.15, 0.2) is 10.8 Å². The second-order valence-corrected chi connectivity index (χ2v) is 7.36. The molecule has 1 N–H and O–H groups in total. The van der Waals surface area contributed by atoms with E-state index < -0.39 is 11.7 Å². The summed E-state index contributed by atoms with van der Waals surface area (Å²) in [4.78, 5) is 17.1. The van der Waals surface area contributed by atoms with E-state index in [1.165, 1.54) is 36.6 Å². The third-order valence-corrected chi connectivity index (χ3v) is 5.29. The Morgan fingerprint density at radius 2 is 2.03 bits per heavy atom. The van der Waals surface area contributed by atoms with Crippen LogP contribution >= 0.6 is 11.3 Å². The van der Waals surface area contributed by atoms with Gasteiger partial charge in [0.05, 0.1) is 25.0 Å². The summed E-state index contributed by atoms with van der Waals surface area (Å²) in [5, 5.41) is 12.9. The molecule has 7 nitrogen and oxygen atoms in total. The fraction of sp³-hybridized carbons (Fsp3) is 0.143. The van der Waals surface area contributed by atoms with Crippen molar-refractivity contribution in [1.29, 1.82) is 0 Å². The van der Waals surface area contributed by atoms with Crippen molar-refractivity contribution < 1.29 is 13.9 Å². The number of carbonyl (C=O) groups is 1. The van der Waals surface area contributed by atoms with Crippen LogP contribution in [0.25, 0.3) is 11.3 Å². The third-order valence-electron chi connectivity index (χ3n) is 4.53. The van der Waals surface area contributed by atoms with Crippen molar-refractivity contribution in [2.45, 2.75) is 13.5 Å². The van der Waals surface area contributed by atoms with Crippen molar-refractivity contribution >= 4 is 22.4 Å². The van der Waals surface area contributed by atoms with E-state index in [0.717, 1.165) is 5.56 Å². The van der Waals surface area contributed by atoms with Crippen LogP contribution in [0.4, 0.5) is 9.52 Å². The maximum atomic E-state index is 13.6. The number of aromatic nitrogens is 4. The molecule has 0 aliphatic rings. The minimum absolute atomic E-state index is 0.228. The Morgan fingerprint density at radius 3 is 2.80 bits per heavy atom. The molecule has 2 heterocycles. The number of amides is 1. The van der Waals surface area contributed by atoms with Crippen LogP contribution < -0.4 is 10.1 Å². The zero-order chi connectivity index (χ0) is 21.1. The maximum Gasteiger partial charge on any atom is 0.279 e. The lowest BCUT2D eigenvalue weighted by Gasteiger charge is -2.06. The normalized spacial score (nSPS) is 10.8. The Labute approximate surface area is 176 Å². The molecule has 0 saturated carbocycles. The van der Waals surface area contributed by atoms with Gasteiger partial charge in [-0.25, -0.2) is 14.1 Å². The molecule has 0 fully saturated rings. The van der Waals surface area contributed by atoms with Crippen LogP contribution in [-0.2, 0) is 6.54 Å². The van der Waals surface area contributed by atoms with Gasteiger partial charge in [-0.3, -0.25) is 10.1 Å². The van der Waals surface area contributed by atoms with Gasteiger partial charge in [-0.2, -0.15) is 0 Å². The SMILES string of the molecule is COc1ccc(F)cc1-c1csc(NC(=O)c2nnn(Cc3ccccc3)c2C)n1. The van der Waals surface area contributed by atoms with Gasteiger partial charge in [-0.05, 0) is 30.7 Å². The van der Waals surface area contributed by atoms with Crippen molar-refractivity contribution in [3.05, 3.63) is 76.7 Å². The first-order chi connectivity index (χ1) is 14.5. The van der Waals surface area contributed by atoms with Crippen LogP contribution in [0.5, 0.6) is 5.75 Å². The molecule has 1 amide bonds. The molecule has 4 aromatic rings. The molecule has 2 aromatic carbocycles. The Hall–Kier alpha value is -3.59. The van der Waals surface area contributed by atoms with Crippen LogP contribution in [0.2, 0.25) is 0 Å². The Bertz CT molecular complexity index is 1190. The second kappa shape index (κ2) is 8.42. The molecule has 0 atom stereocenters. The fourth-order valence-electron chi connectivity index (χ4n) is 2.97. The van der Waals surface area contributed by atoms with E-state index in [0.29, 0.717) is 34.4 Å². The first-order valence-corrected chi connectivity index (χ1v) is 9.98. The smallest absolute Gasteiger partial charge is 0.279 e. The highest BCUT2D eigenvalue weighted by molar-refractivity contribution is 7.14. The lowest BCUT2D eigenvalue weighted by molar-refractivity contribution is 0.102. The van der Waals surface area contributed by atoms with Gasteiger partial charge in [-0.1, -0.05) is 35.5 Å². The van der Waals surface area contributed by atoms with Crippen LogP contribution in [0.1, 0.15) is 21.7 Å². The molecule has 0 unspecified atom stereocenters. The average Bonchev–Trinajstić information content (AvgIpc) is 3.36. The quantitative estimate of drug-likeness (QED) is 0.504. The number of anilines is 1. The summed E-state index contributed by atoms with van der Waals surface area (Å²) in [6.07, 6.45) is 0. The first-order valence-electron chi connectivity index (χ1n) is 9.10. The molecule has 0 bridgehead atoms. The number of hydrogen-bond donors (Lipinski definition) is 1. The van der Waals surface area contributed by atoms with Gasteiger partial charge in [0.2, 0.25) is 0 Å². The van der Waals surface area contributed by atoms with E-state index in [-0.39, 0.29) is 5.69 Å².